The Morgan fingerprint density at radius 2 is 1.83 bits per heavy atom. The molecule has 0 atom stereocenters. The molecule has 1 rings (SSSR count). The lowest BCUT2D eigenvalue weighted by atomic mass is 9.89. The lowest BCUT2D eigenvalue weighted by Crippen LogP contribution is -2.37. The molecule has 1 saturated carbocycles. The zero-order valence-electron chi connectivity index (χ0n) is 10.0. The van der Waals surface area contributed by atoms with E-state index in [0.717, 1.165) is 19.3 Å². The average Bonchev–Trinajstić information content (AvgIpc) is 2.36. The van der Waals surface area contributed by atoms with E-state index in [1.165, 1.54) is 0 Å². The lowest BCUT2D eigenvalue weighted by molar-refractivity contribution is -0.155. The van der Waals surface area contributed by atoms with Crippen molar-refractivity contribution in [2.75, 3.05) is 13.7 Å². The van der Waals surface area contributed by atoms with Crippen LogP contribution in [-0.2, 0) is 23.8 Å². The number of halogens is 2. The molecule has 18 heavy (non-hydrogen) atoms. The normalized spacial score (nSPS) is 18.6. The van der Waals surface area contributed by atoms with Crippen molar-refractivity contribution in [1.29, 1.82) is 0 Å². The number of rotatable bonds is 5. The molecule has 1 aliphatic rings. The molecule has 0 unspecified atom stereocenters. The molecule has 0 N–H and O–H groups in total. The molecule has 0 aromatic rings. The Morgan fingerprint density at radius 1 is 1.28 bits per heavy atom. The van der Waals surface area contributed by atoms with Gasteiger partial charge in [0.15, 0.2) is 6.61 Å². The van der Waals surface area contributed by atoms with Gasteiger partial charge in [-0.25, -0.2) is 0 Å². The number of ether oxygens (including phenoxy) is 1. The van der Waals surface area contributed by atoms with E-state index in [2.05, 4.69) is 8.92 Å². The molecule has 0 aliphatic heterocycles. The van der Waals surface area contributed by atoms with E-state index >= 15 is 0 Å². The molecule has 0 aromatic carbocycles. The van der Waals surface area contributed by atoms with Crippen LogP contribution >= 0.6 is 0 Å². The second kappa shape index (κ2) is 5.92. The summed E-state index contributed by atoms with van der Waals surface area (Å²) < 4.78 is 56.1. The molecule has 0 bridgehead atoms. The fourth-order valence-electron chi connectivity index (χ4n) is 1.81. The Hall–Kier alpha value is -0.760. The van der Waals surface area contributed by atoms with Crippen LogP contribution in [0.5, 0.6) is 0 Å². The molecule has 1 fully saturated rings. The predicted octanol–water partition coefficient (Wildman–Crippen LogP) is 1.68. The second-order valence-electron chi connectivity index (χ2n) is 4.20. The lowest BCUT2D eigenvalue weighted by Gasteiger charge is -2.21. The Labute approximate surface area is 105 Å². The molecule has 0 saturated heterocycles. The first-order chi connectivity index (χ1) is 8.30. The molecule has 106 valence electrons. The first-order valence-corrected chi connectivity index (χ1v) is 7.05. The van der Waals surface area contributed by atoms with Crippen LogP contribution in [0.25, 0.3) is 0 Å². The van der Waals surface area contributed by atoms with Crippen molar-refractivity contribution in [3.8, 4) is 0 Å². The van der Waals surface area contributed by atoms with E-state index in [1.807, 2.05) is 0 Å². The van der Waals surface area contributed by atoms with Crippen LogP contribution in [0.15, 0.2) is 0 Å². The van der Waals surface area contributed by atoms with Crippen molar-refractivity contribution in [2.45, 2.75) is 37.4 Å². The Balaban J connectivity index is 2.51. The second-order valence-corrected chi connectivity index (χ2v) is 6.04. The smallest absolute Gasteiger partial charge is 0.403 e. The van der Waals surface area contributed by atoms with Gasteiger partial charge in [0.05, 0.1) is 13.0 Å². The van der Waals surface area contributed by atoms with E-state index in [9.17, 15) is 22.0 Å². The standard InChI is InChI=1S/C10H16F2O5S/c1-16-18(14,15)10(11,12)7-17-9(13)8-5-3-2-4-6-8/h8H,2-7H2,1H3. The molecular formula is C10H16F2O5S. The molecule has 0 aromatic heterocycles. The first-order valence-electron chi connectivity index (χ1n) is 5.65. The van der Waals surface area contributed by atoms with Crippen LogP contribution in [0.2, 0.25) is 0 Å². The Kier molecular flexibility index (Phi) is 5.03. The minimum Gasteiger partial charge on any atom is -0.458 e. The van der Waals surface area contributed by atoms with Crippen LogP contribution in [0, 0.1) is 5.92 Å². The third-order valence-electron chi connectivity index (χ3n) is 2.91. The summed E-state index contributed by atoms with van der Waals surface area (Å²) in [4.78, 5) is 11.5. The van der Waals surface area contributed by atoms with Crippen molar-refractivity contribution in [3.05, 3.63) is 0 Å². The first kappa shape index (κ1) is 15.3. The maximum absolute atomic E-state index is 13.1. The van der Waals surface area contributed by atoms with Crippen molar-refractivity contribution in [1.82, 2.24) is 0 Å². The predicted molar refractivity (Wildman–Crippen MR) is 58.4 cm³/mol. The highest BCUT2D eigenvalue weighted by atomic mass is 32.2. The van der Waals surface area contributed by atoms with Gasteiger partial charge in [-0.1, -0.05) is 19.3 Å². The number of alkyl halides is 2. The summed E-state index contributed by atoms with van der Waals surface area (Å²) in [5.74, 6) is -1.17. The monoisotopic (exact) mass is 286 g/mol. The zero-order chi connectivity index (χ0) is 13.8. The topological polar surface area (TPSA) is 69.7 Å². The van der Waals surface area contributed by atoms with Crippen molar-refractivity contribution in [2.24, 2.45) is 5.92 Å². The minimum atomic E-state index is -5.03. The van der Waals surface area contributed by atoms with Crippen molar-refractivity contribution < 1.29 is 30.9 Å². The maximum Gasteiger partial charge on any atom is 0.403 e. The molecular weight excluding hydrogens is 270 g/mol. The number of carbonyl (C=O) groups excluding carboxylic acids is 1. The Morgan fingerprint density at radius 3 is 2.33 bits per heavy atom. The summed E-state index contributed by atoms with van der Waals surface area (Å²) in [6, 6.07) is 0. The van der Waals surface area contributed by atoms with E-state index in [1.54, 1.807) is 0 Å². The van der Waals surface area contributed by atoms with Gasteiger partial charge in [-0.15, -0.1) is 0 Å². The average molecular weight is 286 g/mol. The highest BCUT2D eigenvalue weighted by Crippen LogP contribution is 2.27. The van der Waals surface area contributed by atoms with E-state index in [-0.39, 0.29) is 0 Å². The molecule has 0 heterocycles. The molecule has 8 heteroatoms. The van der Waals surface area contributed by atoms with Crippen molar-refractivity contribution in [3.63, 3.8) is 0 Å². The Bertz CT molecular complexity index is 387. The summed E-state index contributed by atoms with van der Waals surface area (Å²) in [5.41, 5.74) is 0. The maximum atomic E-state index is 13.1. The third-order valence-corrected chi connectivity index (χ3v) is 4.19. The van der Waals surface area contributed by atoms with Gasteiger partial charge in [-0.05, 0) is 12.8 Å². The van der Waals surface area contributed by atoms with Gasteiger partial charge in [0.25, 0.3) is 0 Å². The fourth-order valence-corrected chi connectivity index (χ4v) is 2.25. The van der Waals surface area contributed by atoms with Gasteiger partial charge in [0.1, 0.15) is 0 Å². The van der Waals surface area contributed by atoms with Crippen molar-refractivity contribution >= 4 is 16.1 Å². The summed E-state index contributed by atoms with van der Waals surface area (Å²) >= 11 is 0. The number of esters is 1. The molecule has 5 nitrogen and oxygen atoms in total. The summed E-state index contributed by atoms with van der Waals surface area (Å²) in [6.45, 7) is -1.50. The summed E-state index contributed by atoms with van der Waals surface area (Å²) in [7, 11) is -4.40. The minimum absolute atomic E-state index is 0.403. The van der Waals surface area contributed by atoms with Crippen LogP contribution in [0.1, 0.15) is 32.1 Å². The third kappa shape index (κ3) is 3.61. The quantitative estimate of drug-likeness (QED) is 0.568. The number of hydrogen-bond donors (Lipinski definition) is 0. The largest absolute Gasteiger partial charge is 0.458 e. The number of hydrogen-bond acceptors (Lipinski definition) is 5. The van der Waals surface area contributed by atoms with Crippen LogP contribution < -0.4 is 0 Å². The van der Waals surface area contributed by atoms with Crippen LogP contribution in [-0.4, -0.2) is 33.4 Å². The highest BCUT2D eigenvalue weighted by molar-refractivity contribution is 7.87. The molecule has 0 amide bonds. The SMILES string of the molecule is COS(=O)(=O)C(F)(F)COC(=O)C1CCCCC1. The van der Waals surface area contributed by atoms with Crippen LogP contribution in [0.4, 0.5) is 8.78 Å². The van der Waals surface area contributed by atoms with E-state index < -0.39 is 33.9 Å². The zero-order valence-corrected chi connectivity index (χ0v) is 10.8. The summed E-state index contributed by atoms with van der Waals surface area (Å²) in [6.07, 6.45) is 3.92. The number of carbonyl (C=O) groups is 1. The van der Waals surface area contributed by atoms with E-state index in [0.29, 0.717) is 20.0 Å². The fraction of sp³-hybridized carbons (Fsp3) is 0.900. The van der Waals surface area contributed by atoms with Gasteiger partial charge in [-0.2, -0.15) is 17.2 Å². The highest BCUT2D eigenvalue weighted by Gasteiger charge is 2.47. The van der Waals surface area contributed by atoms with E-state index in [4.69, 9.17) is 0 Å². The summed E-state index contributed by atoms with van der Waals surface area (Å²) in [5, 5.41) is -4.22. The molecule has 0 radical (unpaired) electrons. The van der Waals surface area contributed by atoms with Gasteiger partial charge in [-0.3, -0.25) is 8.98 Å². The van der Waals surface area contributed by atoms with Gasteiger partial charge >= 0.3 is 21.3 Å². The van der Waals surface area contributed by atoms with Crippen LogP contribution in [0.3, 0.4) is 0 Å². The van der Waals surface area contributed by atoms with Gasteiger partial charge < -0.3 is 4.74 Å². The van der Waals surface area contributed by atoms with Gasteiger partial charge in [0, 0.05) is 0 Å². The molecule has 1 aliphatic carbocycles. The molecule has 0 spiro atoms. The van der Waals surface area contributed by atoms with Gasteiger partial charge in [0.2, 0.25) is 0 Å².